The Kier molecular flexibility index (Phi) is 4.28. The van der Waals surface area contributed by atoms with Gasteiger partial charge in [-0.05, 0) is 85.9 Å². The van der Waals surface area contributed by atoms with Crippen LogP contribution in [0.2, 0.25) is 18.1 Å². The largest absolute Gasteiger partial charge is 0.473 e. The molecule has 0 aromatic rings. The van der Waals surface area contributed by atoms with E-state index in [1.165, 1.54) is 38.5 Å². The Morgan fingerprint density at radius 1 is 1.00 bits per heavy atom. The number of ether oxygens (including phenoxy) is 2. The summed E-state index contributed by atoms with van der Waals surface area (Å²) in [6.45, 7) is 14.6. The van der Waals surface area contributed by atoms with Crippen LogP contribution in [0.25, 0.3) is 0 Å². The summed E-state index contributed by atoms with van der Waals surface area (Å²) in [5.74, 6) is 3.18. The van der Waals surface area contributed by atoms with Crippen LogP contribution in [0.1, 0.15) is 72.6 Å². The van der Waals surface area contributed by atoms with Crippen molar-refractivity contribution >= 4 is 8.32 Å². The minimum absolute atomic E-state index is 0.00648. The molecule has 1 spiro atoms. The first-order valence-electron chi connectivity index (χ1n) is 11.7. The van der Waals surface area contributed by atoms with Gasteiger partial charge in [0.2, 0.25) is 0 Å². The number of hydrogen-bond acceptors (Lipinski definition) is 3. The van der Waals surface area contributed by atoms with Crippen molar-refractivity contribution in [3.8, 4) is 0 Å². The van der Waals surface area contributed by atoms with Crippen molar-refractivity contribution < 1.29 is 13.9 Å². The van der Waals surface area contributed by atoms with E-state index in [1.54, 1.807) is 0 Å². The zero-order valence-electron chi connectivity index (χ0n) is 18.8. The average molecular weight is 405 g/mol. The smallest absolute Gasteiger partial charge is 0.200 e. The lowest BCUT2D eigenvalue weighted by Crippen LogP contribution is -2.54. The summed E-state index contributed by atoms with van der Waals surface area (Å²) in [4.78, 5) is 0. The Morgan fingerprint density at radius 2 is 1.71 bits per heavy atom. The third-order valence-electron chi connectivity index (χ3n) is 10.0. The summed E-state index contributed by atoms with van der Waals surface area (Å²) >= 11 is 0. The summed E-state index contributed by atoms with van der Waals surface area (Å²) in [5, 5.41) is 0.293. The lowest BCUT2D eigenvalue weighted by molar-refractivity contribution is -0.168. The van der Waals surface area contributed by atoms with Crippen LogP contribution in [0.15, 0.2) is 12.3 Å². The van der Waals surface area contributed by atoms with Gasteiger partial charge in [0.25, 0.3) is 0 Å². The minimum Gasteiger partial charge on any atom is -0.473 e. The Labute approximate surface area is 172 Å². The second kappa shape index (κ2) is 6.10. The molecule has 5 aliphatic rings. The second-order valence-electron chi connectivity index (χ2n) is 12.2. The Hall–Kier alpha value is -0.323. The monoisotopic (exact) mass is 404 g/mol. The van der Waals surface area contributed by atoms with Crippen LogP contribution in [-0.4, -0.2) is 26.3 Å². The maximum Gasteiger partial charge on any atom is 0.200 e. The van der Waals surface area contributed by atoms with E-state index in [1.807, 2.05) is 6.26 Å². The molecule has 1 saturated heterocycles. The van der Waals surface area contributed by atoms with Gasteiger partial charge in [0.05, 0.1) is 18.0 Å². The summed E-state index contributed by atoms with van der Waals surface area (Å²) in [6.07, 6.45) is 13.6. The number of hydrogen-bond donors (Lipinski definition) is 0. The van der Waals surface area contributed by atoms with Crippen LogP contribution in [-0.2, 0) is 13.9 Å². The Morgan fingerprint density at radius 3 is 2.46 bits per heavy atom. The topological polar surface area (TPSA) is 27.7 Å². The van der Waals surface area contributed by atoms with Gasteiger partial charge in [-0.3, -0.25) is 0 Å². The molecule has 8 atom stereocenters. The summed E-state index contributed by atoms with van der Waals surface area (Å²) in [6, 6.07) is 0. The molecule has 4 heteroatoms. The molecule has 28 heavy (non-hydrogen) atoms. The van der Waals surface area contributed by atoms with E-state index in [9.17, 15) is 0 Å². The van der Waals surface area contributed by atoms with Crippen LogP contribution in [0.4, 0.5) is 0 Å². The molecule has 0 N–H and O–H groups in total. The molecule has 0 aromatic heterocycles. The SMILES string of the molecule is CC(C)(C)[Si](C)(C)O[C@H]1CC[C@H]2[C@@H]3CC[C@@]45C=CO[C@@H](C[C@@H]4[C@H]3CC[C@]12C)O5. The Bertz CT molecular complexity index is 667. The fourth-order valence-electron chi connectivity index (χ4n) is 7.44. The van der Waals surface area contributed by atoms with E-state index in [-0.39, 0.29) is 11.9 Å². The van der Waals surface area contributed by atoms with E-state index in [2.05, 4.69) is 46.9 Å². The minimum atomic E-state index is -1.72. The summed E-state index contributed by atoms with van der Waals surface area (Å²) in [7, 11) is -1.72. The highest BCUT2D eigenvalue weighted by Crippen LogP contribution is 2.65. The van der Waals surface area contributed by atoms with Gasteiger partial charge in [-0.2, -0.15) is 0 Å². The zero-order chi connectivity index (χ0) is 19.9. The molecule has 0 radical (unpaired) electrons. The predicted molar refractivity (Wildman–Crippen MR) is 114 cm³/mol. The molecule has 3 saturated carbocycles. The van der Waals surface area contributed by atoms with Crippen LogP contribution < -0.4 is 0 Å². The van der Waals surface area contributed by atoms with Crippen LogP contribution in [0.3, 0.4) is 0 Å². The first-order valence-corrected chi connectivity index (χ1v) is 14.7. The second-order valence-corrected chi connectivity index (χ2v) is 17.0. The molecule has 2 heterocycles. The first-order chi connectivity index (χ1) is 13.1. The van der Waals surface area contributed by atoms with Crippen molar-refractivity contribution in [1.29, 1.82) is 0 Å². The third kappa shape index (κ3) is 2.66. The lowest BCUT2D eigenvalue weighted by Gasteiger charge is -2.56. The molecule has 4 fully saturated rings. The highest BCUT2D eigenvalue weighted by Gasteiger charge is 2.63. The molecule has 2 aliphatic heterocycles. The van der Waals surface area contributed by atoms with E-state index in [0.717, 1.165) is 24.2 Å². The molecule has 5 rings (SSSR count). The van der Waals surface area contributed by atoms with Gasteiger partial charge in [0.15, 0.2) is 14.6 Å². The van der Waals surface area contributed by atoms with Crippen molar-refractivity contribution in [2.24, 2.45) is 29.1 Å². The van der Waals surface area contributed by atoms with Gasteiger partial charge in [0, 0.05) is 12.3 Å². The van der Waals surface area contributed by atoms with Crippen molar-refractivity contribution in [3.63, 3.8) is 0 Å². The van der Waals surface area contributed by atoms with Crippen LogP contribution in [0, 0.1) is 29.1 Å². The van der Waals surface area contributed by atoms with Gasteiger partial charge in [0.1, 0.15) is 0 Å². The standard InChI is InChI=1S/C24H40O3Si/c1-22(2,3)28(5,6)27-20-8-7-18-16-10-12-24-13-14-25-21(26-24)15-19(24)17(16)9-11-23(18,20)4/h13-14,16-21H,7-12,15H2,1-6H3/t16-,17+,18+,19-,20+,21-,23+,24-/m1/s1. The number of rotatable bonds is 2. The average Bonchev–Trinajstić information content (AvgIpc) is 3.06. The summed E-state index contributed by atoms with van der Waals surface area (Å²) < 4.78 is 19.2. The van der Waals surface area contributed by atoms with Gasteiger partial charge in [-0.15, -0.1) is 0 Å². The molecule has 0 aromatic carbocycles. The van der Waals surface area contributed by atoms with Crippen LogP contribution >= 0.6 is 0 Å². The molecule has 158 valence electrons. The van der Waals surface area contributed by atoms with E-state index in [0.29, 0.717) is 22.5 Å². The van der Waals surface area contributed by atoms with Gasteiger partial charge in [-0.1, -0.05) is 27.7 Å². The van der Waals surface area contributed by atoms with Crippen molar-refractivity contribution in [2.45, 2.75) is 109 Å². The van der Waals surface area contributed by atoms with Crippen molar-refractivity contribution in [1.82, 2.24) is 0 Å². The molecule has 0 unspecified atom stereocenters. The normalized spacial score (nSPS) is 49.9. The fraction of sp³-hybridized carbons (Fsp3) is 0.917. The van der Waals surface area contributed by atoms with Crippen LogP contribution in [0.5, 0.6) is 0 Å². The van der Waals surface area contributed by atoms with Gasteiger partial charge >= 0.3 is 0 Å². The molecular weight excluding hydrogens is 364 g/mol. The maximum atomic E-state index is 7.05. The third-order valence-corrected chi connectivity index (χ3v) is 14.5. The molecule has 3 aliphatic carbocycles. The summed E-state index contributed by atoms with van der Waals surface area (Å²) in [5.41, 5.74) is 0.371. The zero-order valence-corrected chi connectivity index (χ0v) is 19.8. The lowest BCUT2D eigenvalue weighted by atomic mass is 9.51. The predicted octanol–water partition coefficient (Wildman–Crippen LogP) is 6.26. The number of fused-ring (bicyclic) bond motifs is 5. The van der Waals surface area contributed by atoms with Crippen molar-refractivity contribution in [3.05, 3.63) is 12.3 Å². The Balaban J connectivity index is 1.37. The highest BCUT2D eigenvalue weighted by atomic mass is 28.4. The first kappa shape index (κ1) is 19.6. The molecule has 0 amide bonds. The highest BCUT2D eigenvalue weighted by molar-refractivity contribution is 6.74. The fourth-order valence-corrected chi connectivity index (χ4v) is 8.89. The van der Waals surface area contributed by atoms with E-state index >= 15 is 0 Å². The molecular formula is C24H40O3Si. The van der Waals surface area contributed by atoms with Gasteiger partial charge in [-0.25, -0.2) is 0 Å². The van der Waals surface area contributed by atoms with Gasteiger partial charge < -0.3 is 13.9 Å². The van der Waals surface area contributed by atoms with E-state index < -0.39 is 8.32 Å². The molecule has 2 bridgehead atoms. The van der Waals surface area contributed by atoms with Crippen molar-refractivity contribution in [2.75, 3.05) is 0 Å². The quantitative estimate of drug-likeness (QED) is 0.508. The van der Waals surface area contributed by atoms with E-state index in [4.69, 9.17) is 13.9 Å². The maximum absolute atomic E-state index is 7.05. The molecule has 3 nitrogen and oxygen atoms in total.